The first-order chi connectivity index (χ1) is 11.5. The van der Waals surface area contributed by atoms with Gasteiger partial charge in [0, 0.05) is 5.39 Å². The Bertz CT molecular complexity index is 859. The molecule has 3 aromatic rings. The molecule has 0 atom stereocenters. The fraction of sp³-hybridized carbons (Fsp3) is 0.0556. The monoisotopic (exact) mass is 352 g/mol. The maximum atomic E-state index is 11.0. The van der Waals surface area contributed by atoms with Crippen molar-refractivity contribution in [2.24, 2.45) is 0 Å². The van der Waals surface area contributed by atoms with Gasteiger partial charge >= 0.3 is 67.5 Å². The quantitative estimate of drug-likeness (QED) is 0.568. The van der Waals surface area contributed by atoms with Gasteiger partial charge in [0.1, 0.15) is 11.7 Å². The van der Waals surface area contributed by atoms with E-state index in [9.17, 15) is 8.42 Å². The number of hydrogen-bond acceptors (Lipinski definition) is 3. The predicted octanol–water partition coefficient (Wildman–Crippen LogP) is 3.26. The van der Waals surface area contributed by atoms with Crippen molar-refractivity contribution in [3.8, 4) is 0 Å². The van der Waals surface area contributed by atoms with Gasteiger partial charge in [-0.3, -0.25) is 4.55 Å². The van der Waals surface area contributed by atoms with Crippen LogP contribution in [0.3, 0.4) is 0 Å². The molecule has 4 nitrogen and oxygen atoms in total. The molecular weight excluding hydrogens is 335 g/mol. The molecule has 0 radical (unpaired) electrons. The second-order valence-electron chi connectivity index (χ2n) is 4.79. The Kier molecular flexibility index (Phi) is 8.89. The zero-order chi connectivity index (χ0) is 18.0. The Morgan fingerprint density at radius 3 is 1.92 bits per heavy atom. The van der Waals surface area contributed by atoms with E-state index in [1.165, 1.54) is 43.2 Å². The molecule has 3 rings (SSSR count). The Balaban J connectivity index is 0.000000245. The third-order valence-electron chi connectivity index (χ3n) is 3.28. The molecule has 3 aromatic carbocycles. The summed E-state index contributed by atoms with van der Waals surface area (Å²) in [6.45, 7) is 2.00. The van der Waals surface area contributed by atoms with E-state index in [4.69, 9.17) is 9.35 Å². The Morgan fingerprint density at radius 2 is 1.38 bits per heavy atom. The minimum atomic E-state index is -4.13. The molecular formula is C18H17NaO4S. The van der Waals surface area contributed by atoms with E-state index in [0.29, 0.717) is 5.39 Å². The number of carbonyl (C=O) groups excluding carboxylic acids is 1. The van der Waals surface area contributed by atoms with Gasteiger partial charge in [-0.25, -0.2) is 0 Å². The zero-order valence-corrected chi connectivity index (χ0v) is 16.2. The summed E-state index contributed by atoms with van der Waals surface area (Å²) in [5.74, 6) is 0. The number of rotatable bonds is 2. The number of hydrogen-bond donors (Lipinski definition) is 1. The van der Waals surface area contributed by atoms with E-state index < -0.39 is 10.1 Å². The summed E-state index contributed by atoms with van der Waals surface area (Å²) < 4.78 is 32.2. The number of fused-ring (bicyclic) bond motifs is 1. The second-order valence-corrected chi connectivity index (χ2v) is 6.89. The molecule has 24 heavy (non-hydrogen) atoms. The third kappa shape index (κ3) is 6.19. The zero-order valence-electron chi connectivity index (χ0n) is 13.4. The van der Waals surface area contributed by atoms with Crippen LogP contribution in [0.15, 0.2) is 77.7 Å². The summed E-state index contributed by atoms with van der Waals surface area (Å²) in [5.41, 5.74) is 1.47. The summed E-state index contributed by atoms with van der Waals surface area (Å²) in [5, 5.41) is 1.33. The first-order valence-corrected chi connectivity index (χ1v) is 10.2. The van der Waals surface area contributed by atoms with Crippen LogP contribution in [-0.4, -0.2) is 47.7 Å². The van der Waals surface area contributed by atoms with Crippen LogP contribution < -0.4 is 0 Å². The van der Waals surface area contributed by atoms with Gasteiger partial charge in [-0.1, -0.05) is 36.4 Å². The molecule has 6 heteroatoms. The van der Waals surface area contributed by atoms with Gasteiger partial charge in [-0.2, -0.15) is 8.42 Å². The summed E-state index contributed by atoms with van der Waals surface area (Å²) in [6.07, 6.45) is 0. The van der Waals surface area contributed by atoms with Gasteiger partial charge in [0.2, 0.25) is 0 Å². The molecule has 0 aliphatic rings. The van der Waals surface area contributed by atoms with Crippen molar-refractivity contribution in [2.45, 2.75) is 8.57 Å². The molecule has 0 bridgehead atoms. The minimum absolute atomic E-state index is 0.0457. The molecule has 0 saturated heterocycles. The van der Waals surface area contributed by atoms with Crippen molar-refractivity contribution in [1.29, 1.82) is 0 Å². The van der Waals surface area contributed by atoms with Crippen LogP contribution >= 0.6 is 0 Å². The molecule has 0 unspecified atom stereocenters. The van der Waals surface area contributed by atoms with Gasteiger partial charge in [0.25, 0.3) is 10.1 Å². The van der Waals surface area contributed by atoms with E-state index in [1.54, 1.807) is 30.3 Å². The standard InChI is InChI=1S/C10H8O3S.C7H7.CH2O.Na/c11-14(12,13)10-7-3-5-8-4-1-2-6-9(8)10;1-7-5-3-2-4-6-7;1-2;/h1-7H,(H,11,12,13);2-6H,1H2;1H2;. The van der Waals surface area contributed by atoms with E-state index in [1.807, 2.05) is 12.9 Å². The van der Waals surface area contributed by atoms with E-state index >= 15 is 0 Å². The topological polar surface area (TPSA) is 71.4 Å². The van der Waals surface area contributed by atoms with Crippen molar-refractivity contribution >= 4 is 55.6 Å². The van der Waals surface area contributed by atoms with Gasteiger partial charge in [-0.15, -0.1) is 0 Å². The average molecular weight is 352 g/mol. The Labute approximate surface area is 159 Å². The van der Waals surface area contributed by atoms with Gasteiger partial charge in [0.05, 0.1) is 0 Å². The normalized spacial score (nSPS) is 10.1. The van der Waals surface area contributed by atoms with E-state index in [0.717, 1.165) is 5.39 Å². The van der Waals surface area contributed by atoms with Crippen molar-refractivity contribution in [3.05, 3.63) is 78.4 Å². The first-order valence-electron chi connectivity index (χ1n) is 7.30. The molecule has 0 spiro atoms. The molecule has 0 fully saturated rings. The molecule has 0 saturated carbocycles. The van der Waals surface area contributed by atoms with Crippen LogP contribution in [-0.2, 0) is 18.6 Å². The average Bonchev–Trinajstić information content (AvgIpc) is 2.63. The van der Waals surface area contributed by atoms with E-state index in [-0.39, 0.29) is 4.90 Å². The van der Waals surface area contributed by atoms with Gasteiger partial charge in [-0.05, 0) is 11.5 Å². The van der Waals surface area contributed by atoms with E-state index in [2.05, 4.69) is 30.3 Å². The number of benzene rings is 3. The fourth-order valence-electron chi connectivity index (χ4n) is 2.13. The van der Waals surface area contributed by atoms with Gasteiger partial charge < -0.3 is 4.79 Å². The molecule has 1 N–H and O–H groups in total. The van der Waals surface area contributed by atoms with Crippen molar-refractivity contribution in [3.63, 3.8) is 0 Å². The van der Waals surface area contributed by atoms with Crippen LogP contribution in [0.25, 0.3) is 10.8 Å². The summed E-state index contributed by atoms with van der Waals surface area (Å²) in [4.78, 5) is 7.95. The van der Waals surface area contributed by atoms with Crippen LogP contribution in [0.4, 0.5) is 0 Å². The first kappa shape index (κ1) is 20.5. The third-order valence-corrected chi connectivity index (χ3v) is 5.01. The SMILES string of the molecule is C=O.O=S(=O)(O)c1cccc2ccccc12.[Na][CH2]c1ccccc1. The summed E-state index contributed by atoms with van der Waals surface area (Å²) in [7, 11) is -4.13. The predicted molar refractivity (Wildman–Crippen MR) is 96.8 cm³/mol. The fourth-order valence-corrected chi connectivity index (χ4v) is 3.32. The maximum absolute atomic E-state index is 11.0. The summed E-state index contributed by atoms with van der Waals surface area (Å²) >= 11 is 1.28. The van der Waals surface area contributed by atoms with Crippen molar-refractivity contribution in [2.75, 3.05) is 0 Å². The van der Waals surface area contributed by atoms with Gasteiger partial charge in [0.15, 0.2) is 0 Å². The van der Waals surface area contributed by atoms with Crippen LogP contribution in [0.1, 0.15) is 5.56 Å². The Morgan fingerprint density at radius 1 is 0.833 bits per heavy atom. The Hall–Kier alpha value is -1.50. The van der Waals surface area contributed by atoms with Crippen LogP contribution in [0, 0.1) is 0 Å². The molecule has 0 heterocycles. The summed E-state index contributed by atoms with van der Waals surface area (Å²) in [6, 6.07) is 22.4. The molecule has 0 aliphatic carbocycles. The molecule has 0 aromatic heterocycles. The molecule has 0 aliphatic heterocycles. The van der Waals surface area contributed by atoms with Crippen LogP contribution in [0.2, 0.25) is 0 Å². The van der Waals surface area contributed by atoms with Crippen molar-refractivity contribution < 1.29 is 17.8 Å². The molecule has 0 amide bonds. The molecule has 120 valence electrons. The number of carbonyl (C=O) groups is 1. The van der Waals surface area contributed by atoms with Crippen molar-refractivity contribution in [1.82, 2.24) is 0 Å². The second kappa shape index (κ2) is 10.4. The van der Waals surface area contributed by atoms with Crippen LogP contribution in [0.5, 0.6) is 0 Å².